The van der Waals surface area contributed by atoms with Gasteiger partial charge in [-0.25, -0.2) is 4.39 Å². The summed E-state index contributed by atoms with van der Waals surface area (Å²) in [7, 11) is 1.45. The van der Waals surface area contributed by atoms with E-state index in [1.807, 2.05) is 0 Å². The van der Waals surface area contributed by atoms with E-state index in [-0.39, 0.29) is 23.6 Å². The Bertz CT molecular complexity index is 788. The molecule has 2 aromatic carbocycles. The highest BCUT2D eigenvalue weighted by molar-refractivity contribution is 5.78. The molecule has 140 valence electrons. The molecular weight excluding hydrogens is 350 g/mol. The Labute approximate surface area is 149 Å². The average molecular weight is 369 g/mol. The van der Waals surface area contributed by atoms with Gasteiger partial charge in [0.05, 0.1) is 12.0 Å². The molecular formula is C19H19F4NO2. The van der Waals surface area contributed by atoms with Gasteiger partial charge in [-0.2, -0.15) is 13.2 Å². The van der Waals surface area contributed by atoms with Gasteiger partial charge in [0.25, 0.3) is 0 Å². The van der Waals surface area contributed by atoms with Crippen molar-refractivity contribution in [2.24, 2.45) is 0 Å². The molecule has 0 bridgehead atoms. The summed E-state index contributed by atoms with van der Waals surface area (Å²) in [5, 5.41) is 2.42. The normalized spacial score (nSPS) is 11.3. The van der Waals surface area contributed by atoms with Crippen molar-refractivity contribution in [3.63, 3.8) is 0 Å². The summed E-state index contributed by atoms with van der Waals surface area (Å²) < 4.78 is 59.2. The molecule has 0 fully saturated rings. The molecule has 0 aromatic heterocycles. The quantitative estimate of drug-likeness (QED) is 0.772. The number of halogens is 4. The van der Waals surface area contributed by atoms with Gasteiger partial charge in [-0.1, -0.05) is 25.1 Å². The zero-order valence-electron chi connectivity index (χ0n) is 14.4. The van der Waals surface area contributed by atoms with Crippen molar-refractivity contribution in [1.82, 2.24) is 5.32 Å². The second-order valence-corrected chi connectivity index (χ2v) is 5.70. The Balaban J connectivity index is 2.31. The van der Waals surface area contributed by atoms with Crippen molar-refractivity contribution in [1.29, 1.82) is 0 Å². The van der Waals surface area contributed by atoms with Gasteiger partial charge in [0.15, 0.2) is 0 Å². The van der Waals surface area contributed by atoms with Gasteiger partial charge >= 0.3 is 6.18 Å². The van der Waals surface area contributed by atoms with Crippen molar-refractivity contribution in [2.45, 2.75) is 32.5 Å². The molecule has 2 aromatic rings. The number of carbonyl (C=O) groups is 1. The van der Waals surface area contributed by atoms with E-state index in [2.05, 4.69) is 5.32 Å². The van der Waals surface area contributed by atoms with E-state index < -0.39 is 24.2 Å². The number of nitrogens with one attached hydrogen (secondary N) is 1. The molecule has 0 spiro atoms. The standard InChI is InChI=1S/C19H19F4NO2/c1-3-12-7-8-17(15(9-12)19(21,22)23)26-11-14-13(10-18(25)24-2)5-4-6-16(14)20/h4-9H,3,10-11H2,1-2H3,(H,24,25). The monoisotopic (exact) mass is 369 g/mol. The number of hydrogen-bond donors (Lipinski definition) is 1. The SMILES string of the molecule is CCc1ccc(OCc2c(F)cccc2CC(=O)NC)c(C(F)(F)F)c1. The lowest BCUT2D eigenvalue weighted by molar-refractivity contribution is -0.139. The highest BCUT2D eigenvalue weighted by Gasteiger charge is 2.34. The minimum absolute atomic E-state index is 0.0591. The van der Waals surface area contributed by atoms with Crippen LogP contribution >= 0.6 is 0 Å². The molecule has 26 heavy (non-hydrogen) atoms. The molecule has 2 rings (SSSR count). The molecule has 0 aliphatic heterocycles. The van der Waals surface area contributed by atoms with E-state index in [0.29, 0.717) is 17.5 Å². The van der Waals surface area contributed by atoms with Crippen molar-refractivity contribution in [2.75, 3.05) is 7.05 Å². The number of benzene rings is 2. The number of aryl methyl sites for hydroxylation is 1. The number of rotatable bonds is 6. The maximum atomic E-state index is 14.1. The first-order valence-electron chi connectivity index (χ1n) is 8.06. The van der Waals surface area contributed by atoms with Crippen LogP contribution in [-0.4, -0.2) is 13.0 Å². The van der Waals surface area contributed by atoms with Crippen molar-refractivity contribution in [3.8, 4) is 5.75 Å². The number of alkyl halides is 3. The zero-order chi connectivity index (χ0) is 19.3. The summed E-state index contributed by atoms with van der Waals surface area (Å²) in [5.41, 5.74) is 0.0452. The Kier molecular flexibility index (Phi) is 6.23. The maximum absolute atomic E-state index is 14.1. The van der Waals surface area contributed by atoms with E-state index in [4.69, 9.17) is 4.74 Å². The van der Waals surface area contributed by atoms with Crippen LogP contribution in [0.25, 0.3) is 0 Å². The third kappa shape index (κ3) is 4.74. The van der Waals surface area contributed by atoms with Gasteiger partial charge in [-0.3, -0.25) is 4.79 Å². The maximum Gasteiger partial charge on any atom is 0.419 e. The topological polar surface area (TPSA) is 38.3 Å². The summed E-state index contributed by atoms with van der Waals surface area (Å²) in [6, 6.07) is 7.97. The van der Waals surface area contributed by atoms with E-state index in [1.165, 1.54) is 31.3 Å². The molecule has 1 N–H and O–H groups in total. The number of amides is 1. The smallest absolute Gasteiger partial charge is 0.419 e. The molecule has 0 unspecified atom stereocenters. The summed E-state index contributed by atoms with van der Waals surface area (Å²) in [6.45, 7) is 1.34. The summed E-state index contributed by atoms with van der Waals surface area (Å²) in [5.74, 6) is -1.34. The summed E-state index contributed by atoms with van der Waals surface area (Å²) >= 11 is 0. The van der Waals surface area contributed by atoms with Crippen LogP contribution in [0.1, 0.15) is 29.2 Å². The molecule has 7 heteroatoms. The van der Waals surface area contributed by atoms with E-state index in [1.54, 1.807) is 13.0 Å². The van der Waals surface area contributed by atoms with Crippen molar-refractivity contribution >= 4 is 5.91 Å². The highest BCUT2D eigenvalue weighted by Crippen LogP contribution is 2.37. The number of hydrogen-bond acceptors (Lipinski definition) is 2. The highest BCUT2D eigenvalue weighted by atomic mass is 19.4. The van der Waals surface area contributed by atoms with Gasteiger partial charge in [0.2, 0.25) is 5.91 Å². The van der Waals surface area contributed by atoms with Crippen LogP contribution in [0.2, 0.25) is 0 Å². The first kappa shape index (κ1) is 19.8. The first-order chi connectivity index (χ1) is 12.3. The predicted octanol–water partition coefficient (Wildman–Crippen LogP) is 4.27. The fourth-order valence-corrected chi connectivity index (χ4v) is 2.49. The molecule has 0 saturated carbocycles. The Morgan fingerprint density at radius 1 is 1.19 bits per heavy atom. The van der Waals surface area contributed by atoms with Gasteiger partial charge < -0.3 is 10.1 Å². The molecule has 0 aliphatic carbocycles. The largest absolute Gasteiger partial charge is 0.488 e. The molecule has 3 nitrogen and oxygen atoms in total. The minimum Gasteiger partial charge on any atom is -0.488 e. The molecule has 1 amide bonds. The average Bonchev–Trinajstić information content (AvgIpc) is 2.60. The Morgan fingerprint density at radius 3 is 2.54 bits per heavy atom. The Morgan fingerprint density at radius 2 is 1.92 bits per heavy atom. The molecule has 0 heterocycles. The zero-order valence-corrected chi connectivity index (χ0v) is 14.4. The fraction of sp³-hybridized carbons (Fsp3) is 0.316. The van der Waals surface area contributed by atoms with Crippen LogP contribution in [0.15, 0.2) is 36.4 Å². The minimum atomic E-state index is -4.58. The molecule has 0 radical (unpaired) electrons. The third-order valence-electron chi connectivity index (χ3n) is 3.98. The predicted molar refractivity (Wildman–Crippen MR) is 89.3 cm³/mol. The number of ether oxygens (including phenoxy) is 1. The van der Waals surface area contributed by atoms with E-state index in [9.17, 15) is 22.4 Å². The number of carbonyl (C=O) groups excluding carboxylic acids is 1. The van der Waals surface area contributed by atoms with Gasteiger partial charge in [0.1, 0.15) is 18.2 Å². The second kappa shape index (κ2) is 8.21. The molecule has 0 saturated heterocycles. The lowest BCUT2D eigenvalue weighted by atomic mass is 10.0. The lowest BCUT2D eigenvalue weighted by Gasteiger charge is -2.17. The van der Waals surface area contributed by atoms with Crippen LogP contribution in [0, 0.1) is 5.82 Å². The van der Waals surface area contributed by atoms with Gasteiger partial charge in [-0.05, 0) is 35.7 Å². The summed E-state index contributed by atoms with van der Waals surface area (Å²) in [4.78, 5) is 11.6. The first-order valence-corrected chi connectivity index (χ1v) is 8.06. The van der Waals surface area contributed by atoms with E-state index in [0.717, 1.165) is 6.07 Å². The third-order valence-corrected chi connectivity index (χ3v) is 3.98. The lowest BCUT2D eigenvalue weighted by Crippen LogP contribution is -2.21. The Hall–Kier alpha value is -2.57. The molecule has 0 aliphatic rings. The van der Waals surface area contributed by atoms with E-state index >= 15 is 0 Å². The van der Waals surface area contributed by atoms with Crippen molar-refractivity contribution < 1.29 is 27.1 Å². The second-order valence-electron chi connectivity index (χ2n) is 5.70. The van der Waals surface area contributed by atoms with Crippen molar-refractivity contribution in [3.05, 3.63) is 64.5 Å². The fourth-order valence-electron chi connectivity index (χ4n) is 2.49. The summed E-state index contributed by atoms with van der Waals surface area (Å²) in [6.07, 6.45) is -4.22. The van der Waals surface area contributed by atoms with Gasteiger partial charge in [0, 0.05) is 12.6 Å². The van der Waals surface area contributed by atoms with Crippen LogP contribution < -0.4 is 10.1 Å². The van der Waals surface area contributed by atoms with Crippen LogP contribution in [0.3, 0.4) is 0 Å². The van der Waals surface area contributed by atoms with Crippen LogP contribution in [0.5, 0.6) is 5.75 Å². The number of likely N-dealkylation sites (N-methyl/N-ethyl adjacent to an activating group) is 1. The molecule has 0 atom stereocenters. The van der Waals surface area contributed by atoms with Gasteiger partial charge in [-0.15, -0.1) is 0 Å². The van der Waals surface area contributed by atoms with Crippen LogP contribution in [-0.2, 0) is 30.4 Å². The van der Waals surface area contributed by atoms with Crippen LogP contribution in [0.4, 0.5) is 17.6 Å².